The van der Waals surface area contributed by atoms with Gasteiger partial charge in [0.05, 0.1) is 4.75 Å². The zero-order chi connectivity index (χ0) is 16.1. The van der Waals surface area contributed by atoms with Crippen LogP contribution >= 0.6 is 11.8 Å². The van der Waals surface area contributed by atoms with E-state index in [1.807, 2.05) is 18.2 Å². The molecule has 0 aromatic heterocycles. The van der Waals surface area contributed by atoms with Crippen molar-refractivity contribution in [2.45, 2.75) is 4.75 Å². The van der Waals surface area contributed by atoms with Crippen LogP contribution in [-0.2, 0) is 4.75 Å². The van der Waals surface area contributed by atoms with E-state index >= 15 is 0 Å². The fraction of sp³-hybridized carbons (Fsp3) is 0.0455. The summed E-state index contributed by atoms with van der Waals surface area (Å²) < 4.78 is -0.345. The van der Waals surface area contributed by atoms with Crippen LogP contribution in [0.3, 0.4) is 0 Å². The van der Waals surface area contributed by atoms with Crippen LogP contribution in [0.15, 0.2) is 102 Å². The smallest absolute Gasteiger partial charge is 0.0950 e. The predicted molar refractivity (Wildman–Crippen MR) is 101 cm³/mol. The topological polar surface area (TPSA) is 0 Å². The average Bonchev–Trinajstić information content (AvgIpc) is 2.62. The molecule has 23 heavy (non-hydrogen) atoms. The molecule has 3 aromatic carbocycles. The van der Waals surface area contributed by atoms with Crippen molar-refractivity contribution in [3.63, 3.8) is 0 Å². The highest BCUT2D eigenvalue weighted by molar-refractivity contribution is 8.04. The first-order chi connectivity index (χ1) is 11.2. The van der Waals surface area contributed by atoms with Gasteiger partial charge in [-0.25, -0.2) is 0 Å². The van der Waals surface area contributed by atoms with Crippen molar-refractivity contribution < 1.29 is 0 Å². The second kappa shape index (κ2) is 6.89. The normalized spacial score (nSPS) is 11.2. The third-order valence-corrected chi connectivity index (χ3v) is 5.14. The Kier molecular flexibility index (Phi) is 4.68. The highest BCUT2D eigenvalue weighted by Gasteiger charge is 2.37. The molecule has 0 aliphatic heterocycles. The molecule has 0 heterocycles. The average molecular weight is 315 g/mol. The first kappa shape index (κ1) is 15.6. The Hall–Kier alpha value is -2.25. The van der Waals surface area contributed by atoms with E-state index in [9.17, 15) is 0 Å². The second-order valence-corrected chi connectivity index (χ2v) is 6.81. The molecule has 0 amide bonds. The number of benzene rings is 3. The van der Waals surface area contributed by atoms with Gasteiger partial charge in [0, 0.05) is 0 Å². The fourth-order valence-corrected chi connectivity index (χ4v) is 4.11. The van der Waals surface area contributed by atoms with Gasteiger partial charge in [-0.2, -0.15) is 0 Å². The van der Waals surface area contributed by atoms with Gasteiger partial charge < -0.3 is 0 Å². The highest BCUT2D eigenvalue weighted by Crippen LogP contribution is 2.50. The minimum Gasteiger partial charge on any atom is -0.110 e. The minimum atomic E-state index is -0.345. The lowest BCUT2D eigenvalue weighted by molar-refractivity contribution is 0.899. The van der Waals surface area contributed by atoms with Crippen LogP contribution in [0.1, 0.15) is 16.7 Å². The van der Waals surface area contributed by atoms with Crippen LogP contribution < -0.4 is 0 Å². The van der Waals surface area contributed by atoms with Crippen LogP contribution in [0, 0.1) is 6.92 Å². The van der Waals surface area contributed by atoms with Gasteiger partial charge in [-0.3, -0.25) is 0 Å². The summed E-state index contributed by atoms with van der Waals surface area (Å²) in [5, 5.41) is 0. The van der Waals surface area contributed by atoms with Gasteiger partial charge >= 0.3 is 0 Å². The predicted octanol–water partition coefficient (Wildman–Crippen LogP) is 6.06. The third-order valence-electron chi connectivity index (χ3n) is 3.84. The summed E-state index contributed by atoms with van der Waals surface area (Å²) in [7, 11) is 0. The molecule has 0 fully saturated rings. The summed E-state index contributed by atoms with van der Waals surface area (Å²) in [6.45, 7) is 8.14. The Morgan fingerprint density at radius 1 is 0.609 bits per heavy atom. The van der Waals surface area contributed by atoms with Gasteiger partial charge in [0.1, 0.15) is 0 Å². The third kappa shape index (κ3) is 3.11. The van der Waals surface area contributed by atoms with Gasteiger partial charge in [0.25, 0.3) is 0 Å². The fourth-order valence-electron chi connectivity index (χ4n) is 2.91. The molecule has 0 bridgehead atoms. The molecule has 0 saturated heterocycles. The van der Waals surface area contributed by atoms with Crippen molar-refractivity contribution in [2.24, 2.45) is 0 Å². The van der Waals surface area contributed by atoms with Crippen LogP contribution in [0.2, 0.25) is 0 Å². The maximum absolute atomic E-state index is 4.07. The molecule has 0 aliphatic carbocycles. The largest absolute Gasteiger partial charge is 0.110 e. The van der Waals surface area contributed by atoms with Gasteiger partial charge in [0.2, 0.25) is 0 Å². The van der Waals surface area contributed by atoms with Crippen LogP contribution in [-0.4, -0.2) is 0 Å². The number of allylic oxidation sites excluding steroid dienone is 1. The molecule has 0 aliphatic rings. The molecule has 0 spiro atoms. The second-order valence-electron chi connectivity index (χ2n) is 5.42. The maximum atomic E-state index is 4.07. The quantitative estimate of drug-likeness (QED) is 0.516. The van der Waals surface area contributed by atoms with E-state index in [4.69, 9.17) is 0 Å². The minimum absolute atomic E-state index is 0.345. The molecule has 0 saturated carbocycles. The summed E-state index contributed by atoms with van der Waals surface area (Å²) in [6, 6.07) is 31.7. The summed E-state index contributed by atoms with van der Waals surface area (Å²) in [5.74, 6) is 0. The van der Waals surface area contributed by atoms with Crippen molar-refractivity contribution in [3.8, 4) is 0 Å². The molecule has 0 nitrogen and oxygen atoms in total. The number of thioether (sulfide) groups is 1. The number of hydrogen-bond acceptors (Lipinski definition) is 1. The zero-order valence-corrected chi connectivity index (χ0v) is 13.8. The van der Waals surface area contributed by atoms with Crippen molar-refractivity contribution in [1.82, 2.24) is 0 Å². The van der Waals surface area contributed by atoms with E-state index in [0.717, 1.165) is 4.91 Å². The van der Waals surface area contributed by atoms with Crippen molar-refractivity contribution in [3.05, 3.63) is 126 Å². The summed E-state index contributed by atoms with van der Waals surface area (Å²) in [4.78, 5) is 0.849. The Morgan fingerprint density at radius 3 is 1.17 bits per heavy atom. The molecule has 1 radical (unpaired) electrons. The van der Waals surface area contributed by atoms with Crippen LogP contribution in [0.5, 0.6) is 0 Å². The molecule has 0 unspecified atom stereocenters. The summed E-state index contributed by atoms with van der Waals surface area (Å²) >= 11 is 1.70. The van der Waals surface area contributed by atoms with E-state index in [1.54, 1.807) is 11.8 Å². The van der Waals surface area contributed by atoms with Gasteiger partial charge in [-0.05, 0) is 28.5 Å². The monoisotopic (exact) mass is 315 g/mol. The van der Waals surface area contributed by atoms with Gasteiger partial charge in [-0.15, -0.1) is 11.8 Å². The van der Waals surface area contributed by atoms with E-state index in [1.165, 1.54) is 16.7 Å². The lowest BCUT2D eigenvalue weighted by atomic mass is 9.84. The summed E-state index contributed by atoms with van der Waals surface area (Å²) in [5.41, 5.74) is 3.69. The van der Waals surface area contributed by atoms with Gasteiger partial charge in [0.15, 0.2) is 0 Å². The van der Waals surface area contributed by atoms with Gasteiger partial charge in [-0.1, -0.05) is 97.6 Å². The zero-order valence-electron chi connectivity index (χ0n) is 13.0. The van der Waals surface area contributed by atoms with Crippen molar-refractivity contribution in [1.29, 1.82) is 0 Å². The molecule has 3 aromatic rings. The highest BCUT2D eigenvalue weighted by atomic mass is 32.2. The maximum Gasteiger partial charge on any atom is 0.0950 e. The van der Waals surface area contributed by atoms with Crippen LogP contribution in [0.4, 0.5) is 0 Å². The van der Waals surface area contributed by atoms with Crippen LogP contribution in [0.25, 0.3) is 0 Å². The first-order valence-corrected chi connectivity index (χ1v) is 8.41. The number of hydrogen-bond donors (Lipinski definition) is 0. The lowest BCUT2D eigenvalue weighted by Crippen LogP contribution is -2.25. The van der Waals surface area contributed by atoms with E-state index < -0.39 is 0 Å². The molecular weight excluding hydrogens is 296 g/mol. The standard InChI is InChI=1S/C22H19S/c1-18(2)23-22(19-12-6-3-7-13-19,20-14-8-4-9-15-20)21-16-10-5-11-17-21/h3-17H,1-2H2. The number of rotatable bonds is 5. The lowest BCUT2D eigenvalue weighted by Gasteiger charge is -2.35. The first-order valence-electron chi connectivity index (χ1n) is 7.60. The van der Waals surface area contributed by atoms with E-state index in [-0.39, 0.29) is 4.75 Å². The Bertz CT molecular complexity index is 664. The summed E-state index contributed by atoms with van der Waals surface area (Å²) in [6.07, 6.45) is 0. The molecule has 0 atom stereocenters. The van der Waals surface area contributed by atoms with Crippen molar-refractivity contribution in [2.75, 3.05) is 0 Å². The Labute approximate surface area is 142 Å². The SMILES string of the molecule is [CH2]C(=C)SC(c1ccccc1)(c1ccccc1)c1ccccc1. The Balaban J connectivity index is 2.32. The molecule has 1 heteroatoms. The molecule has 113 valence electrons. The molecular formula is C22H19S. The Morgan fingerprint density at radius 2 is 0.913 bits per heavy atom. The van der Waals surface area contributed by atoms with E-state index in [2.05, 4.69) is 86.3 Å². The van der Waals surface area contributed by atoms with Crippen molar-refractivity contribution >= 4 is 11.8 Å². The van der Waals surface area contributed by atoms with E-state index in [0.29, 0.717) is 0 Å². The molecule has 0 N–H and O–H groups in total. The molecule has 3 rings (SSSR count).